The summed E-state index contributed by atoms with van der Waals surface area (Å²) in [5.41, 5.74) is 2.90. The van der Waals surface area contributed by atoms with Crippen LogP contribution in [0.25, 0.3) is 22.6 Å². The summed E-state index contributed by atoms with van der Waals surface area (Å²) in [4.78, 5) is 17.0. The summed E-state index contributed by atoms with van der Waals surface area (Å²) in [6, 6.07) is 15.6. The van der Waals surface area contributed by atoms with Gasteiger partial charge in [-0.1, -0.05) is 34.8 Å². The van der Waals surface area contributed by atoms with Crippen LogP contribution in [0.3, 0.4) is 0 Å². The van der Waals surface area contributed by atoms with Crippen LogP contribution in [0.4, 0.5) is 5.69 Å². The van der Waals surface area contributed by atoms with Crippen molar-refractivity contribution >= 4 is 80.1 Å². The first-order chi connectivity index (χ1) is 13.4. The monoisotopic (exact) mass is 542 g/mol. The van der Waals surface area contributed by atoms with Crippen LogP contribution in [0.15, 0.2) is 59.0 Å². The first kappa shape index (κ1) is 19.5. The standard InChI is InChI=1S/C20H10Cl3IN2O2/c21-14-5-2-11(24)8-13(14)19(27)25-12-3-6-18-17(9-12)26-20(28-18)10-1-4-15(22)16(23)7-10/h1-9H,(H,25,27). The number of amides is 1. The number of rotatable bonds is 3. The van der Waals surface area contributed by atoms with Gasteiger partial charge in [-0.25, -0.2) is 4.98 Å². The van der Waals surface area contributed by atoms with Gasteiger partial charge < -0.3 is 9.73 Å². The van der Waals surface area contributed by atoms with E-state index >= 15 is 0 Å². The number of anilines is 1. The summed E-state index contributed by atoms with van der Waals surface area (Å²) in [5.74, 6) is 0.119. The van der Waals surface area contributed by atoms with Crippen LogP contribution in [0.2, 0.25) is 15.1 Å². The van der Waals surface area contributed by atoms with Gasteiger partial charge in [0.15, 0.2) is 5.58 Å². The largest absolute Gasteiger partial charge is 0.436 e. The van der Waals surface area contributed by atoms with Crippen molar-refractivity contribution in [2.75, 3.05) is 5.32 Å². The average Bonchev–Trinajstić information content (AvgIpc) is 3.09. The molecule has 28 heavy (non-hydrogen) atoms. The molecule has 140 valence electrons. The number of benzene rings is 3. The maximum absolute atomic E-state index is 12.5. The normalized spacial score (nSPS) is 11.0. The van der Waals surface area contributed by atoms with Gasteiger partial charge in [-0.3, -0.25) is 4.79 Å². The second-order valence-corrected chi connectivity index (χ2v) is 8.38. The SMILES string of the molecule is O=C(Nc1ccc2oc(-c3ccc(Cl)c(Cl)c3)nc2c1)c1cc(I)ccc1Cl. The van der Waals surface area contributed by atoms with Crippen molar-refractivity contribution in [2.45, 2.75) is 0 Å². The molecule has 0 saturated carbocycles. The van der Waals surface area contributed by atoms with Gasteiger partial charge in [0.1, 0.15) is 5.52 Å². The number of hydrogen-bond donors (Lipinski definition) is 1. The number of nitrogens with one attached hydrogen (secondary N) is 1. The molecule has 0 aliphatic rings. The van der Waals surface area contributed by atoms with Gasteiger partial charge in [0.25, 0.3) is 5.91 Å². The van der Waals surface area contributed by atoms with E-state index in [1.54, 1.807) is 48.5 Å². The predicted octanol–water partition coefficient (Wildman–Crippen LogP) is 7.31. The maximum atomic E-state index is 12.5. The molecule has 4 aromatic rings. The highest BCUT2D eigenvalue weighted by Crippen LogP contribution is 2.31. The number of aromatic nitrogens is 1. The molecule has 0 radical (unpaired) electrons. The Kier molecular flexibility index (Phi) is 5.51. The van der Waals surface area contributed by atoms with Crippen LogP contribution < -0.4 is 5.32 Å². The lowest BCUT2D eigenvalue weighted by molar-refractivity contribution is 0.102. The molecule has 4 nitrogen and oxygen atoms in total. The molecular weight excluding hydrogens is 533 g/mol. The van der Waals surface area contributed by atoms with Gasteiger partial charge in [-0.2, -0.15) is 0 Å². The molecule has 1 N–H and O–H groups in total. The van der Waals surface area contributed by atoms with Crippen molar-refractivity contribution in [1.29, 1.82) is 0 Å². The zero-order valence-electron chi connectivity index (χ0n) is 14.0. The summed E-state index contributed by atoms with van der Waals surface area (Å²) in [6.07, 6.45) is 0. The maximum Gasteiger partial charge on any atom is 0.257 e. The van der Waals surface area contributed by atoms with Crippen LogP contribution >= 0.6 is 57.4 Å². The Balaban J connectivity index is 1.63. The number of carbonyl (C=O) groups is 1. The zero-order valence-corrected chi connectivity index (χ0v) is 18.4. The third kappa shape index (κ3) is 3.98. The van der Waals surface area contributed by atoms with Gasteiger partial charge in [-0.05, 0) is 77.2 Å². The van der Waals surface area contributed by atoms with Crippen LogP contribution in [0.1, 0.15) is 10.4 Å². The molecule has 8 heteroatoms. The molecule has 0 aliphatic carbocycles. The molecule has 0 atom stereocenters. The molecule has 1 heterocycles. The van der Waals surface area contributed by atoms with Crippen molar-refractivity contribution in [2.24, 2.45) is 0 Å². The van der Waals surface area contributed by atoms with E-state index in [0.717, 1.165) is 3.57 Å². The second-order valence-electron chi connectivity index (χ2n) is 5.91. The van der Waals surface area contributed by atoms with E-state index in [0.29, 0.717) is 48.9 Å². The minimum atomic E-state index is -0.295. The van der Waals surface area contributed by atoms with Gasteiger partial charge in [-0.15, -0.1) is 0 Å². The van der Waals surface area contributed by atoms with E-state index in [1.165, 1.54) is 0 Å². The summed E-state index contributed by atoms with van der Waals surface area (Å²) >= 11 is 20.3. The van der Waals surface area contributed by atoms with Crippen molar-refractivity contribution in [3.63, 3.8) is 0 Å². The third-order valence-corrected chi connectivity index (χ3v) is 5.72. The van der Waals surface area contributed by atoms with Crippen molar-refractivity contribution < 1.29 is 9.21 Å². The number of halogens is 4. The van der Waals surface area contributed by atoms with Gasteiger partial charge >= 0.3 is 0 Å². The van der Waals surface area contributed by atoms with E-state index in [2.05, 4.69) is 32.9 Å². The van der Waals surface area contributed by atoms with Crippen LogP contribution in [-0.2, 0) is 0 Å². The van der Waals surface area contributed by atoms with Crippen LogP contribution in [0, 0.1) is 3.57 Å². The Morgan fingerprint density at radius 3 is 2.50 bits per heavy atom. The summed E-state index contributed by atoms with van der Waals surface area (Å²) in [5, 5.41) is 4.11. The van der Waals surface area contributed by atoms with Crippen LogP contribution in [0.5, 0.6) is 0 Å². The van der Waals surface area contributed by atoms with Crippen LogP contribution in [-0.4, -0.2) is 10.9 Å². The van der Waals surface area contributed by atoms with Gasteiger partial charge in [0.05, 0.1) is 20.6 Å². The molecule has 0 unspecified atom stereocenters. The first-order valence-electron chi connectivity index (χ1n) is 8.03. The van der Waals surface area contributed by atoms with E-state index < -0.39 is 0 Å². The lowest BCUT2D eigenvalue weighted by Crippen LogP contribution is -2.12. The smallest absolute Gasteiger partial charge is 0.257 e. The molecule has 0 spiro atoms. The fraction of sp³-hybridized carbons (Fsp3) is 0. The van der Waals surface area contributed by atoms with Gasteiger partial charge in [0.2, 0.25) is 5.89 Å². The Labute approximate surface area is 188 Å². The summed E-state index contributed by atoms with van der Waals surface area (Å²) in [6.45, 7) is 0. The van der Waals surface area contributed by atoms with Crippen molar-refractivity contribution in [3.8, 4) is 11.5 Å². The minimum Gasteiger partial charge on any atom is -0.436 e. The summed E-state index contributed by atoms with van der Waals surface area (Å²) in [7, 11) is 0. The fourth-order valence-electron chi connectivity index (χ4n) is 2.63. The molecule has 1 amide bonds. The molecule has 0 bridgehead atoms. The lowest BCUT2D eigenvalue weighted by Gasteiger charge is -2.07. The number of fused-ring (bicyclic) bond motifs is 1. The first-order valence-corrected chi connectivity index (χ1v) is 10.2. The molecule has 3 aromatic carbocycles. The van der Waals surface area contributed by atoms with E-state index in [-0.39, 0.29) is 5.91 Å². The Morgan fingerprint density at radius 1 is 0.929 bits per heavy atom. The predicted molar refractivity (Wildman–Crippen MR) is 122 cm³/mol. The summed E-state index contributed by atoms with van der Waals surface area (Å²) < 4.78 is 6.70. The zero-order chi connectivity index (χ0) is 19.8. The molecule has 0 saturated heterocycles. The Hall–Kier alpha value is -1.80. The van der Waals surface area contributed by atoms with E-state index in [1.807, 2.05) is 6.07 Å². The van der Waals surface area contributed by atoms with Crippen molar-refractivity contribution in [3.05, 3.63) is 78.8 Å². The van der Waals surface area contributed by atoms with Gasteiger partial charge in [0, 0.05) is 14.8 Å². The number of nitrogens with zero attached hydrogens (tertiary/aromatic N) is 1. The Bertz CT molecular complexity index is 1220. The minimum absolute atomic E-state index is 0.295. The number of oxazole rings is 1. The lowest BCUT2D eigenvalue weighted by atomic mass is 10.2. The third-order valence-electron chi connectivity index (χ3n) is 3.99. The molecular formula is C20H10Cl3IN2O2. The number of hydrogen-bond acceptors (Lipinski definition) is 3. The van der Waals surface area contributed by atoms with E-state index in [9.17, 15) is 4.79 Å². The molecule has 1 aromatic heterocycles. The topological polar surface area (TPSA) is 55.1 Å². The second kappa shape index (κ2) is 7.91. The molecule has 0 aliphatic heterocycles. The highest BCUT2D eigenvalue weighted by Gasteiger charge is 2.14. The quantitative estimate of drug-likeness (QED) is 0.276. The fourth-order valence-corrected chi connectivity index (χ4v) is 3.62. The highest BCUT2D eigenvalue weighted by molar-refractivity contribution is 14.1. The number of carbonyl (C=O) groups excluding carboxylic acids is 1. The molecule has 0 fully saturated rings. The van der Waals surface area contributed by atoms with Crippen molar-refractivity contribution in [1.82, 2.24) is 4.98 Å². The Morgan fingerprint density at radius 2 is 1.71 bits per heavy atom. The van der Waals surface area contributed by atoms with E-state index in [4.69, 9.17) is 39.2 Å². The highest BCUT2D eigenvalue weighted by atomic mass is 127. The molecule has 4 rings (SSSR count). The average molecular weight is 544 g/mol.